The molecule has 0 aromatic heterocycles. The van der Waals surface area contributed by atoms with Crippen molar-refractivity contribution in [1.82, 2.24) is 0 Å². The molecule has 2 N–H and O–H groups in total. The van der Waals surface area contributed by atoms with Crippen LogP contribution in [0.1, 0.15) is 38.5 Å². The van der Waals surface area contributed by atoms with Gasteiger partial charge in [0.1, 0.15) is 0 Å². The molecule has 1 aliphatic carbocycles. The van der Waals surface area contributed by atoms with Crippen molar-refractivity contribution in [3.63, 3.8) is 0 Å². The van der Waals surface area contributed by atoms with Crippen LogP contribution in [0.3, 0.4) is 0 Å². The van der Waals surface area contributed by atoms with Gasteiger partial charge in [-0.2, -0.15) is 0 Å². The molecule has 0 radical (unpaired) electrons. The van der Waals surface area contributed by atoms with Crippen LogP contribution >= 0.6 is 0 Å². The molecule has 98 valence electrons. The Kier molecular flexibility index (Phi) is 3.42. The van der Waals surface area contributed by atoms with Crippen molar-refractivity contribution in [3.8, 4) is 0 Å². The molecule has 17 heavy (non-hydrogen) atoms. The second-order valence-corrected chi connectivity index (χ2v) is 6.22. The monoisotopic (exact) mass is 239 g/mol. The number of rotatable bonds is 2. The SMILES string of the molecule is NC1CCC(C2(C3CCOCC3)COC2)CC1. The zero-order valence-electron chi connectivity index (χ0n) is 10.7. The van der Waals surface area contributed by atoms with Crippen LogP contribution in [0.4, 0.5) is 0 Å². The molecular weight excluding hydrogens is 214 g/mol. The highest BCUT2D eigenvalue weighted by molar-refractivity contribution is 4.99. The summed E-state index contributed by atoms with van der Waals surface area (Å²) in [4.78, 5) is 0. The van der Waals surface area contributed by atoms with E-state index in [1.165, 1.54) is 38.5 Å². The summed E-state index contributed by atoms with van der Waals surface area (Å²) in [5, 5.41) is 0. The first-order valence-electron chi connectivity index (χ1n) is 7.22. The average Bonchev–Trinajstić information content (AvgIpc) is 2.32. The Hall–Kier alpha value is -0.120. The van der Waals surface area contributed by atoms with Gasteiger partial charge in [0.25, 0.3) is 0 Å². The number of nitrogens with two attached hydrogens (primary N) is 1. The van der Waals surface area contributed by atoms with Crippen molar-refractivity contribution in [2.75, 3.05) is 26.4 Å². The van der Waals surface area contributed by atoms with Gasteiger partial charge in [0.2, 0.25) is 0 Å². The maximum Gasteiger partial charge on any atom is 0.0550 e. The Morgan fingerprint density at radius 3 is 1.88 bits per heavy atom. The summed E-state index contributed by atoms with van der Waals surface area (Å²) >= 11 is 0. The molecule has 0 aromatic rings. The number of hydrogen-bond donors (Lipinski definition) is 1. The van der Waals surface area contributed by atoms with Crippen molar-refractivity contribution in [2.45, 2.75) is 44.6 Å². The van der Waals surface area contributed by atoms with Gasteiger partial charge in [-0.25, -0.2) is 0 Å². The highest BCUT2D eigenvalue weighted by Crippen LogP contribution is 2.51. The zero-order valence-corrected chi connectivity index (χ0v) is 10.7. The lowest BCUT2D eigenvalue weighted by Crippen LogP contribution is -2.55. The lowest BCUT2D eigenvalue weighted by Gasteiger charge is -2.54. The third-order valence-corrected chi connectivity index (χ3v) is 5.36. The molecule has 3 nitrogen and oxygen atoms in total. The Bertz CT molecular complexity index is 251. The summed E-state index contributed by atoms with van der Waals surface area (Å²) in [5.41, 5.74) is 6.52. The van der Waals surface area contributed by atoms with Gasteiger partial charge in [-0.1, -0.05) is 0 Å². The molecule has 2 heterocycles. The van der Waals surface area contributed by atoms with E-state index < -0.39 is 0 Å². The largest absolute Gasteiger partial charge is 0.381 e. The van der Waals surface area contributed by atoms with E-state index in [1.807, 2.05) is 0 Å². The van der Waals surface area contributed by atoms with Crippen LogP contribution in [0.25, 0.3) is 0 Å². The Morgan fingerprint density at radius 2 is 1.35 bits per heavy atom. The second kappa shape index (κ2) is 4.87. The normalized spacial score (nSPS) is 38.6. The van der Waals surface area contributed by atoms with Crippen molar-refractivity contribution < 1.29 is 9.47 Å². The van der Waals surface area contributed by atoms with Gasteiger partial charge >= 0.3 is 0 Å². The predicted molar refractivity (Wildman–Crippen MR) is 66.7 cm³/mol. The van der Waals surface area contributed by atoms with E-state index in [0.717, 1.165) is 38.3 Å². The molecule has 2 aliphatic heterocycles. The zero-order chi connectivity index (χ0) is 11.7. The van der Waals surface area contributed by atoms with E-state index in [1.54, 1.807) is 0 Å². The molecule has 3 heteroatoms. The molecule has 0 aromatic carbocycles. The van der Waals surface area contributed by atoms with Gasteiger partial charge in [0.05, 0.1) is 13.2 Å². The average molecular weight is 239 g/mol. The van der Waals surface area contributed by atoms with Crippen molar-refractivity contribution in [2.24, 2.45) is 23.0 Å². The topological polar surface area (TPSA) is 44.5 Å². The summed E-state index contributed by atoms with van der Waals surface area (Å²) in [6, 6.07) is 0.457. The molecule has 1 saturated carbocycles. The van der Waals surface area contributed by atoms with E-state index in [2.05, 4.69) is 0 Å². The molecule has 0 spiro atoms. The quantitative estimate of drug-likeness (QED) is 0.801. The Morgan fingerprint density at radius 1 is 0.765 bits per heavy atom. The molecule has 3 fully saturated rings. The van der Waals surface area contributed by atoms with Gasteiger partial charge in [-0.05, 0) is 50.4 Å². The summed E-state index contributed by atoms with van der Waals surface area (Å²) in [6.45, 7) is 3.91. The van der Waals surface area contributed by atoms with Crippen LogP contribution in [-0.4, -0.2) is 32.5 Å². The minimum Gasteiger partial charge on any atom is -0.381 e. The molecule has 0 atom stereocenters. The first-order valence-corrected chi connectivity index (χ1v) is 7.22. The summed E-state index contributed by atoms with van der Waals surface area (Å²) < 4.78 is 11.1. The van der Waals surface area contributed by atoms with E-state index in [-0.39, 0.29) is 0 Å². The number of hydrogen-bond acceptors (Lipinski definition) is 3. The number of ether oxygens (including phenoxy) is 2. The van der Waals surface area contributed by atoms with Crippen molar-refractivity contribution >= 4 is 0 Å². The van der Waals surface area contributed by atoms with Crippen molar-refractivity contribution in [1.29, 1.82) is 0 Å². The van der Waals surface area contributed by atoms with Crippen molar-refractivity contribution in [3.05, 3.63) is 0 Å². The maximum absolute atomic E-state index is 6.03. The first-order chi connectivity index (χ1) is 8.31. The van der Waals surface area contributed by atoms with Crippen LogP contribution < -0.4 is 5.73 Å². The fourth-order valence-electron chi connectivity index (χ4n) is 4.11. The Balaban J connectivity index is 1.68. The molecule has 0 bridgehead atoms. The van der Waals surface area contributed by atoms with E-state index >= 15 is 0 Å². The van der Waals surface area contributed by atoms with E-state index in [9.17, 15) is 0 Å². The highest BCUT2D eigenvalue weighted by Gasteiger charge is 2.51. The van der Waals surface area contributed by atoms with Crippen LogP contribution in [0, 0.1) is 17.3 Å². The molecule has 3 aliphatic rings. The minimum atomic E-state index is 0.457. The molecule has 3 rings (SSSR count). The van der Waals surface area contributed by atoms with E-state index in [0.29, 0.717) is 11.5 Å². The van der Waals surface area contributed by atoms with Gasteiger partial charge in [0.15, 0.2) is 0 Å². The first kappa shape index (κ1) is 11.9. The van der Waals surface area contributed by atoms with E-state index in [4.69, 9.17) is 15.2 Å². The third kappa shape index (κ3) is 2.13. The molecule has 2 saturated heterocycles. The minimum absolute atomic E-state index is 0.457. The van der Waals surface area contributed by atoms with Gasteiger partial charge in [-0.3, -0.25) is 0 Å². The van der Waals surface area contributed by atoms with Crippen LogP contribution in [0.5, 0.6) is 0 Å². The van der Waals surface area contributed by atoms with Gasteiger partial charge < -0.3 is 15.2 Å². The lowest BCUT2D eigenvalue weighted by atomic mass is 9.58. The Labute approximate surface area is 104 Å². The van der Waals surface area contributed by atoms with Gasteiger partial charge in [-0.15, -0.1) is 0 Å². The van der Waals surface area contributed by atoms with Crippen LogP contribution in [0.2, 0.25) is 0 Å². The fourth-order valence-corrected chi connectivity index (χ4v) is 4.11. The standard InChI is InChI=1S/C14H25NO2/c15-13-3-1-11(2-4-13)14(9-17-10-14)12-5-7-16-8-6-12/h11-13H,1-10,15H2. The molecule has 0 unspecified atom stereocenters. The van der Waals surface area contributed by atoms with Gasteiger partial charge in [0, 0.05) is 24.7 Å². The predicted octanol–water partition coefficient (Wildman–Crippen LogP) is 1.95. The molecule has 0 amide bonds. The summed E-state index contributed by atoms with van der Waals surface area (Å²) in [5.74, 6) is 1.70. The van der Waals surface area contributed by atoms with Crippen LogP contribution in [0.15, 0.2) is 0 Å². The lowest BCUT2D eigenvalue weighted by molar-refractivity contribution is -0.198. The maximum atomic E-state index is 6.03. The summed E-state index contributed by atoms with van der Waals surface area (Å²) in [6.07, 6.45) is 7.56. The summed E-state index contributed by atoms with van der Waals surface area (Å²) in [7, 11) is 0. The smallest absolute Gasteiger partial charge is 0.0550 e. The third-order valence-electron chi connectivity index (χ3n) is 5.36. The highest BCUT2D eigenvalue weighted by atomic mass is 16.5. The second-order valence-electron chi connectivity index (χ2n) is 6.22. The fraction of sp³-hybridized carbons (Fsp3) is 1.00. The van der Waals surface area contributed by atoms with Crippen LogP contribution in [-0.2, 0) is 9.47 Å². The molecular formula is C14H25NO2.